The Morgan fingerprint density at radius 1 is 0.760 bits per heavy atom. The Kier molecular flexibility index (Phi) is 15.2. The van der Waals surface area contributed by atoms with Crippen molar-refractivity contribution in [3.05, 3.63) is 36.5 Å². The van der Waals surface area contributed by atoms with Crippen LogP contribution in [0.25, 0.3) is 0 Å². The van der Waals surface area contributed by atoms with Gasteiger partial charge in [-0.1, -0.05) is 82.9 Å². The number of nitrogens with zero attached hydrogens (tertiary/aromatic N) is 1. The Morgan fingerprint density at radius 2 is 1.36 bits per heavy atom. The predicted molar refractivity (Wildman–Crippen MR) is 112 cm³/mol. The Morgan fingerprint density at radius 3 is 1.96 bits per heavy atom. The molecule has 142 valence electrons. The van der Waals surface area contributed by atoms with Gasteiger partial charge in [0.1, 0.15) is 5.82 Å². The zero-order valence-electron chi connectivity index (χ0n) is 16.5. The van der Waals surface area contributed by atoms with E-state index in [1.807, 2.05) is 24.4 Å². The highest BCUT2D eigenvalue weighted by Gasteiger charge is 1.92. The highest BCUT2D eigenvalue weighted by Crippen LogP contribution is 2.11. The number of rotatable bonds is 17. The summed E-state index contributed by atoms with van der Waals surface area (Å²) in [5.74, 6) is 0.989. The predicted octanol–water partition coefficient (Wildman–Crippen LogP) is 7.53. The number of nitrogens with one attached hydrogen (secondary N) is 1. The number of hydrogen-bond donors (Lipinski definition) is 1. The van der Waals surface area contributed by atoms with Gasteiger partial charge in [-0.3, -0.25) is 0 Å². The molecule has 1 aromatic rings. The van der Waals surface area contributed by atoms with Crippen molar-refractivity contribution in [2.24, 2.45) is 0 Å². The molecule has 2 heteroatoms. The van der Waals surface area contributed by atoms with Gasteiger partial charge in [0.05, 0.1) is 0 Å². The maximum absolute atomic E-state index is 4.27. The van der Waals surface area contributed by atoms with Crippen LogP contribution in [0.1, 0.15) is 96.8 Å². The van der Waals surface area contributed by atoms with Crippen LogP contribution in [0.5, 0.6) is 0 Å². The normalized spacial score (nSPS) is 11.2. The van der Waals surface area contributed by atoms with E-state index >= 15 is 0 Å². The monoisotopic (exact) mass is 344 g/mol. The van der Waals surface area contributed by atoms with E-state index in [0.29, 0.717) is 0 Å². The first-order valence-electron chi connectivity index (χ1n) is 10.7. The Balaban J connectivity index is 1.75. The van der Waals surface area contributed by atoms with Crippen LogP contribution in [0, 0.1) is 0 Å². The van der Waals surface area contributed by atoms with Crippen molar-refractivity contribution in [2.75, 3.05) is 11.9 Å². The van der Waals surface area contributed by atoms with Crippen LogP contribution in [0.15, 0.2) is 36.5 Å². The topological polar surface area (TPSA) is 24.9 Å². The third-order valence-electron chi connectivity index (χ3n) is 4.66. The van der Waals surface area contributed by atoms with Crippen LogP contribution in [-0.4, -0.2) is 11.5 Å². The first-order chi connectivity index (χ1) is 12.4. The molecule has 1 heterocycles. The number of allylic oxidation sites excluding steroid dienone is 2. The lowest BCUT2D eigenvalue weighted by molar-refractivity contribution is 0.566. The van der Waals surface area contributed by atoms with Gasteiger partial charge in [0.25, 0.3) is 0 Å². The average molecular weight is 345 g/mol. The molecule has 1 aromatic heterocycles. The Labute approximate surface area is 156 Å². The molecular formula is C23H40N2. The van der Waals surface area contributed by atoms with Gasteiger partial charge in [-0.15, -0.1) is 0 Å². The summed E-state index contributed by atoms with van der Waals surface area (Å²) < 4.78 is 0. The zero-order valence-corrected chi connectivity index (χ0v) is 16.5. The Hall–Kier alpha value is -1.31. The second-order valence-electron chi connectivity index (χ2n) is 7.08. The average Bonchev–Trinajstić information content (AvgIpc) is 2.65. The molecule has 0 spiro atoms. The molecule has 0 aliphatic heterocycles. The third kappa shape index (κ3) is 14.7. The van der Waals surface area contributed by atoms with Crippen molar-refractivity contribution < 1.29 is 0 Å². The van der Waals surface area contributed by atoms with Crippen molar-refractivity contribution in [1.29, 1.82) is 0 Å². The minimum Gasteiger partial charge on any atom is -0.370 e. The molecule has 0 amide bonds. The maximum Gasteiger partial charge on any atom is 0.125 e. The number of pyridine rings is 1. The molecule has 0 fully saturated rings. The molecule has 0 unspecified atom stereocenters. The fourth-order valence-electron chi connectivity index (χ4n) is 3.06. The highest BCUT2D eigenvalue weighted by molar-refractivity contribution is 5.32. The van der Waals surface area contributed by atoms with E-state index in [2.05, 4.69) is 29.4 Å². The van der Waals surface area contributed by atoms with E-state index in [4.69, 9.17) is 0 Å². The highest BCUT2D eigenvalue weighted by atomic mass is 15.0. The first kappa shape index (κ1) is 21.7. The standard InChI is InChI=1S/C23H40N2/c1-2-3-4-5-6-7-8-9-10-11-12-13-14-15-16-18-21-24-23-20-17-19-22-25-23/h12-13,17,19-20,22H,2-11,14-16,18,21H2,1H3,(H,24,25)/b13-12-. The van der Waals surface area contributed by atoms with Gasteiger partial charge in [0.15, 0.2) is 0 Å². The summed E-state index contributed by atoms with van der Waals surface area (Å²) in [5.41, 5.74) is 0. The number of aromatic nitrogens is 1. The molecule has 2 nitrogen and oxygen atoms in total. The van der Waals surface area contributed by atoms with E-state index < -0.39 is 0 Å². The summed E-state index contributed by atoms with van der Waals surface area (Å²) in [6.07, 6.45) is 25.7. The van der Waals surface area contributed by atoms with Crippen LogP contribution >= 0.6 is 0 Å². The van der Waals surface area contributed by atoms with Gasteiger partial charge >= 0.3 is 0 Å². The van der Waals surface area contributed by atoms with Crippen molar-refractivity contribution in [3.8, 4) is 0 Å². The van der Waals surface area contributed by atoms with E-state index in [1.165, 1.54) is 89.9 Å². The molecule has 0 aliphatic carbocycles. The van der Waals surface area contributed by atoms with E-state index in [1.54, 1.807) is 0 Å². The quantitative estimate of drug-likeness (QED) is 0.233. The molecule has 0 bridgehead atoms. The lowest BCUT2D eigenvalue weighted by Crippen LogP contribution is -2.02. The molecule has 0 saturated heterocycles. The molecule has 0 aromatic carbocycles. The summed E-state index contributed by atoms with van der Waals surface area (Å²) in [6.45, 7) is 3.31. The minimum absolute atomic E-state index is 0.989. The van der Waals surface area contributed by atoms with Gasteiger partial charge in [-0.25, -0.2) is 4.98 Å². The van der Waals surface area contributed by atoms with Crippen LogP contribution in [-0.2, 0) is 0 Å². The van der Waals surface area contributed by atoms with Crippen LogP contribution in [0.3, 0.4) is 0 Å². The fourth-order valence-corrected chi connectivity index (χ4v) is 3.06. The summed E-state index contributed by atoms with van der Waals surface area (Å²) in [6, 6.07) is 6.00. The summed E-state index contributed by atoms with van der Waals surface area (Å²) >= 11 is 0. The smallest absolute Gasteiger partial charge is 0.125 e. The summed E-state index contributed by atoms with van der Waals surface area (Å²) in [7, 11) is 0. The van der Waals surface area contributed by atoms with E-state index in [-0.39, 0.29) is 0 Å². The number of unbranched alkanes of at least 4 members (excludes halogenated alkanes) is 12. The molecule has 1 N–H and O–H groups in total. The second kappa shape index (κ2) is 17.5. The van der Waals surface area contributed by atoms with Gasteiger partial charge in [-0.2, -0.15) is 0 Å². The molecule has 0 saturated carbocycles. The maximum atomic E-state index is 4.27. The minimum atomic E-state index is 0.989. The lowest BCUT2D eigenvalue weighted by atomic mass is 10.1. The van der Waals surface area contributed by atoms with Crippen molar-refractivity contribution >= 4 is 5.82 Å². The lowest BCUT2D eigenvalue weighted by Gasteiger charge is -2.04. The second-order valence-corrected chi connectivity index (χ2v) is 7.08. The Bertz CT molecular complexity index is 400. The number of anilines is 1. The van der Waals surface area contributed by atoms with E-state index in [9.17, 15) is 0 Å². The first-order valence-corrected chi connectivity index (χ1v) is 10.7. The van der Waals surface area contributed by atoms with Crippen LogP contribution in [0.2, 0.25) is 0 Å². The molecule has 0 atom stereocenters. The van der Waals surface area contributed by atoms with Crippen LogP contribution < -0.4 is 5.32 Å². The third-order valence-corrected chi connectivity index (χ3v) is 4.66. The zero-order chi connectivity index (χ0) is 17.8. The molecule has 25 heavy (non-hydrogen) atoms. The molecule has 0 aliphatic rings. The van der Waals surface area contributed by atoms with Gasteiger partial charge in [0, 0.05) is 12.7 Å². The molecular weight excluding hydrogens is 304 g/mol. The molecule has 0 radical (unpaired) electrons. The van der Waals surface area contributed by atoms with Gasteiger partial charge in [-0.05, 0) is 44.2 Å². The van der Waals surface area contributed by atoms with Crippen molar-refractivity contribution in [2.45, 2.75) is 96.8 Å². The molecule has 1 rings (SSSR count). The largest absolute Gasteiger partial charge is 0.370 e. The summed E-state index contributed by atoms with van der Waals surface area (Å²) in [4.78, 5) is 4.27. The SMILES string of the molecule is CCCCCCCCCCC/C=C\CCCCCNc1ccccn1. The van der Waals surface area contributed by atoms with Crippen molar-refractivity contribution in [3.63, 3.8) is 0 Å². The van der Waals surface area contributed by atoms with Crippen molar-refractivity contribution in [1.82, 2.24) is 4.98 Å². The van der Waals surface area contributed by atoms with Gasteiger partial charge in [0.2, 0.25) is 0 Å². The number of hydrogen-bond acceptors (Lipinski definition) is 2. The van der Waals surface area contributed by atoms with E-state index in [0.717, 1.165) is 12.4 Å². The summed E-state index contributed by atoms with van der Waals surface area (Å²) in [5, 5.41) is 3.37. The fraction of sp³-hybridized carbons (Fsp3) is 0.696. The van der Waals surface area contributed by atoms with Crippen LogP contribution in [0.4, 0.5) is 5.82 Å². The van der Waals surface area contributed by atoms with Gasteiger partial charge < -0.3 is 5.32 Å².